The Labute approximate surface area is 113 Å². The molecule has 102 valence electrons. The van der Waals surface area contributed by atoms with Gasteiger partial charge in [0.1, 0.15) is 5.52 Å². The van der Waals surface area contributed by atoms with Gasteiger partial charge in [-0.2, -0.15) is 0 Å². The van der Waals surface area contributed by atoms with Crippen LogP contribution < -0.4 is 5.73 Å². The van der Waals surface area contributed by atoms with Gasteiger partial charge in [-0.3, -0.25) is 4.90 Å². The summed E-state index contributed by atoms with van der Waals surface area (Å²) in [5, 5.41) is 0. The smallest absolute Gasteiger partial charge is 0.209 e. The normalized spacial score (nSPS) is 15.8. The zero-order valence-electron chi connectivity index (χ0n) is 11.6. The van der Waals surface area contributed by atoms with Crippen molar-refractivity contribution >= 4 is 16.8 Å². The fraction of sp³-hybridized carbons (Fsp3) is 0.533. The van der Waals surface area contributed by atoms with E-state index in [4.69, 9.17) is 10.2 Å². The summed E-state index contributed by atoms with van der Waals surface area (Å²) in [6, 6.07) is 6.19. The molecule has 0 bridgehead atoms. The molecule has 1 fully saturated rings. The number of rotatable bonds is 5. The summed E-state index contributed by atoms with van der Waals surface area (Å²) in [6.45, 7) is 6.35. The van der Waals surface area contributed by atoms with Crippen LogP contribution in [0.3, 0.4) is 0 Å². The maximum absolute atomic E-state index is 5.91. The van der Waals surface area contributed by atoms with E-state index in [0.29, 0.717) is 11.7 Å². The van der Waals surface area contributed by atoms with Crippen LogP contribution in [0.5, 0.6) is 0 Å². The van der Waals surface area contributed by atoms with Gasteiger partial charge in [0.25, 0.3) is 0 Å². The van der Waals surface area contributed by atoms with Crippen molar-refractivity contribution in [2.75, 3.05) is 12.3 Å². The number of hydrogen-bond acceptors (Lipinski definition) is 4. The molecule has 0 saturated heterocycles. The number of nitrogens with zero attached hydrogens (tertiary/aromatic N) is 2. The fourth-order valence-corrected chi connectivity index (χ4v) is 2.35. The first-order valence-electron chi connectivity index (χ1n) is 7.01. The summed E-state index contributed by atoms with van der Waals surface area (Å²) in [6.07, 6.45) is 2.73. The number of anilines is 1. The third-order valence-electron chi connectivity index (χ3n) is 3.75. The van der Waals surface area contributed by atoms with Crippen molar-refractivity contribution in [3.63, 3.8) is 0 Å². The molecule has 2 aromatic rings. The lowest BCUT2D eigenvalue weighted by Crippen LogP contribution is -2.32. The zero-order chi connectivity index (χ0) is 13.4. The molecule has 0 unspecified atom stereocenters. The summed E-state index contributed by atoms with van der Waals surface area (Å²) < 4.78 is 5.80. The standard InChI is InChI=1S/C15H21N3O/c1-10(2)18(8-11-6-7-11)9-14-17-15-12(16)4-3-5-13(15)19-14/h3-5,10-11H,6-9,16H2,1-2H3. The van der Waals surface area contributed by atoms with E-state index >= 15 is 0 Å². The van der Waals surface area contributed by atoms with Crippen LogP contribution in [-0.2, 0) is 6.54 Å². The van der Waals surface area contributed by atoms with Crippen LogP contribution in [0.4, 0.5) is 5.69 Å². The Morgan fingerprint density at radius 3 is 2.84 bits per heavy atom. The van der Waals surface area contributed by atoms with Gasteiger partial charge in [0.05, 0.1) is 12.2 Å². The molecule has 0 radical (unpaired) electrons. The van der Waals surface area contributed by atoms with Gasteiger partial charge in [-0.25, -0.2) is 4.98 Å². The van der Waals surface area contributed by atoms with Crippen LogP contribution in [-0.4, -0.2) is 22.5 Å². The van der Waals surface area contributed by atoms with Crippen LogP contribution in [0.25, 0.3) is 11.1 Å². The third-order valence-corrected chi connectivity index (χ3v) is 3.75. The van der Waals surface area contributed by atoms with Gasteiger partial charge in [0, 0.05) is 12.6 Å². The van der Waals surface area contributed by atoms with E-state index in [-0.39, 0.29) is 0 Å². The lowest BCUT2D eigenvalue weighted by atomic mass is 10.2. The molecule has 4 nitrogen and oxygen atoms in total. The maximum atomic E-state index is 5.91. The van der Waals surface area contributed by atoms with Gasteiger partial charge >= 0.3 is 0 Å². The van der Waals surface area contributed by atoms with Crippen molar-refractivity contribution < 1.29 is 4.42 Å². The van der Waals surface area contributed by atoms with Crippen molar-refractivity contribution in [1.29, 1.82) is 0 Å². The minimum absolute atomic E-state index is 0.507. The Balaban J connectivity index is 1.80. The summed E-state index contributed by atoms with van der Waals surface area (Å²) in [5.41, 5.74) is 8.17. The largest absolute Gasteiger partial charge is 0.439 e. The molecular formula is C15H21N3O. The molecule has 1 aliphatic rings. The second-order valence-electron chi connectivity index (χ2n) is 5.77. The first kappa shape index (κ1) is 12.5. The maximum Gasteiger partial charge on any atom is 0.209 e. The fourth-order valence-electron chi connectivity index (χ4n) is 2.35. The first-order valence-corrected chi connectivity index (χ1v) is 7.01. The molecule has 1 aliphatic carbocycles. The van der Waals surface area contributed by atoms with Crippen molar-refractivity contribution in [3.05, 3.63) is 24.1 Å². The molecular weight excluding hydrogens is 238 g/mol. The summed E-state index contributed by atoms with van der Waals surface area (Å²) in [7, 11) is 0. The van der Waals surface area contributed by atoms with Crippen molar-refractivity contribution in [2.24, 2.45) is 5.92 Å². The highest BCUT2D eigenvalue weighted by Gasteiger charge is 2.26. The molecule has 1 aromatic heterocycles. The first-order chi connectivity index (χ1) is 9.13. The molecule has 0 aliphatic heterocycles. The highest BCUT2D eigenvalue weighted by atomic mass is 16.3. The van der Waals surface area contributed by atoms with Crippen LogP contribution in [0.2, 0.25) is 0 Å². The van der Waals surface area contributed by atoms with Crippen molar-refractivity contribution in [2.45, 2.75) is 39.3 Å². The van der Waals surface area contributed by atoms with Gasteiger partial charge < -0.3 is 10.2 Å². The number of benzene rings is 1. The van der Waals surface area contributed by atoms with E-state index in [1.165, 1.54) is 12.8 Å². The molecule has 2 N–H and O–H groups in total. The minimum Gasteiger partial charge on any atom is -0.439 e. The number of nitrogen functional groups attached to an aromatic ring is 1. The Morgan fingerprint density at radius 1 is 1.42 bits per heavy atom. The van der Waals surface area contributed by atoms with E-state index in [2.05, 4.69) is 23.7 Å². The molecule has 4 heteroatoms. The molecule has 0 atom stereocenters. The lowest BCUT2D eigenvalue weighted by molar-refractivity contribution is 0.186. The van der Waals surface area contributed by atoms with Crippen LogP contribution in [0.1, 0.15) is 32.6 Å². The second kappa shape index (κ2) is 4.85. The molecule has 0 amide bonds. The van der Waals surface area contributed by atoms with E-state index in [9.17, 15) is 0 Å². The summed E-state index contributed by atoms with van der Waals surface area (Å²) >= 11 is 0. The van der Waals surface area contributed by atoms with Gasteiger partial charge in [-0.15, -0.1) is 0 Å². The number of fused-ring (bicyclic) bond motifs is 1. The summed E-state index contributed by atoms with van der Waals surface area (Å²) in [5.74, 6) is 1.64. The number of oxazole rings is 1. The number of para-hydroxylation sites is 1. The van der Waals surface area contributed by atoms with E-state index in [0.717, 1.165) is 36.0 Å². The predicted octanol–water partition coefficient (Wildman–Crippen LogP) is 3.03. The van der Waals surface area contributed by atoms with Crippen molar-refractivity contribution in [1.82, 2.24) is 9.88 Å². The van der Waals surface area contributed by atoms with Crippen molar-refractivity contribution in [3.8, 4) is 0 Å². The molecule has 1 saturated carbocycles. The number of hydrogen-bond donors (Lipinski definition) is 1. The average molecular weight is 259 g/mol. The van der Waals surface area contributed by atoms with E-state index < -0.39 is 0 Å². The monoisotopic (exact) mass is 259 g/mol. The van der Waals surface area contributed by atoms with Crippen LogP contribution in [0, 0.1) is 5.92 Å². The van der Waals surface area contributed by atoms with Gasteiger partial charge in [-0.1, -0.05) is 6.07 Å². The molecule has 1 heterocycles. The second-order valence-corrected chi connectivity index (χ2v) is 5.77. The van der Waals surface area contributed by atoms with Gasteiger partial charge in [-0.05, 0) is 44.7 Å². The highest BCUT2D eigenvalue weighted by molar-refractivity contribution is 5.85. The molecule has 0 spiro atoms. The Bertz CT molecular complexity index is 572. The predicted molar refractivity (Wildman–Crippen MR) is 76.7 cm³/mol. The lowest BCUT2D eigenvalue weighted by Gasteiger charge is -2.24. The molecule has 19 heavy (non-hydrogen) atoms. The number of aromatic nitrogens is 1. The van der Waals surface area contributed by atoms with E-state index in [1.807, 2.05) is 18.2 Å². The quantitative estimate of drug-likeness (QED) is 0.839. The third kappa shape index (κ3) is 2.73. The Morgan fingerprint density at radius 2 is 2.21 bits per heavy atom. The Hall–Kier alpha value is -1.55. The number of nitrogens with two attached hydrogens (primary N) is 1. The zero-order valence-corrected chi connectivity index (χ0v) is 11.6. The Kier molecular flexibility index (Phi) is 3.19. The van der Waals surface area contributed by atoms with Gasteiger partial charge in [0.15, 0.2) is 5.58 Å². The minimum atomic E-state index is 0.507. The average Bonchev–Trinajstić information content (AvgIpc) is 3.07. The highest BCUT2D eigenvalue weighted by Crippen LogP contribution is 2.31. The topological polar surface area (TPSA) is 55.3 Å². The van der Waals surface area contributed by atoms with Crippen LogP contribution >= 0.6 is 0 Å². The van der Waals surface area contributed by atoms with Gasteiger partial charge in [0.2, 0.25) is 5.89 Å². The summed E-state index contributed by atoms with van der Waals surface area (Å²) in [4.78, 5) is 6.96. The van der Waals surface area contributed by atoms with Crippen LogP contribution in [0.15, 0.2) is 22.6 Å². The van der Waals surface area contributed by atoms with E-state index in [1.54, 1.807) is 0 Å². The molecule has 1 aromatic carbocycles. The SMILES string of the molecule is CC(C)N(Cc1nc2c(N)cccc2o1)CC1CC1. The molecule has 3 rings (SSSR count).